The van der Waals surface area contributed by atoms with Crippen LogP contribution in [-0.4, -0.2) is 18.6 Å². The number of rotatable bonds is 2. The standard InChI is InChI=1S/C19H17NO2/c21-19(18-10-5-13-22-18)20-17-9-4-8-16(14-17)12-11-15-6-2-1-3-7-15/h1-4,6-9,14,18H,5,10,13H2,(H,20,21). The molecule has 1 heterocycles. The number of carbonyl (C=O) groups excluding carboxylic acids is 1. The first-order valence-electron chi connectivity index (χ1n) is 7.41. The minimum Gasteiger partial charge on any atom is -0.368 e. The van der Waals surface area contributed by atoms with E-state index in [1.807, 2.05) is 54.6 Å². The van der Waals surface area contributed by atoms with E-state index in [2.05, 4.69) is 17.2 Å². The van der Waals surface area contributed by atoms with Crippen LogP contribution in [0.1, 0.15) is 24.0 Å². The predicted octanol–water partition coefficient (Wildman–Crippen LogP) is 3.20. The lowest BCUT2D eigenvalue weighted by Crippen LogP contribution is -2.26. The monoisotopic (exact) mass is 291 g/mol. The zero-order valence-electron chi connectivity index (χ0n) is 12.2. The Morgan fingerprint density at radius 1 is 1.05 bits per heavy atom. The third-order valence-electron chi connectivity index (χ3n) is 3.48. The summed E-state index contributed by atoms with van der Waals surface area (Å²) in [7, 11) is 0. The molecule has 0 aromatic heterocycles. The molecule has 0 saturated carbocycles. The zero-order chi connectivity index (χ0) is 15.2. The van der Waals surface area contributed by atoms with E-state index in [0.717, 1.165) is 29.7 Å². The molecule has 0 bridgehead atoms. The van der Waals surface area contributed by atoms with Crippen LogP contribution in [0.5, 0.6) is 0 Å². The summed E-state index contributed by atoms with van der Waals surface area (Å²) in [6, 6.07) is 17.4. The van der Waals surface area contributed by atoms with E-state index in [9.17, 15) is 4.79 Å². The van der Waals surface area contributed by atoms with E-state index in [0.29, 0.717) is 6.61 Å². The van der Waals surface area contributed by atoms with E-state index >= 15 is 0 Å². The van der Waals surface area contributed by atoms with E-state index in [1.165, 1.54) is 0 Å². The molecule has 1 saturated heterocycles. The fourth-order valence-corrected chi connectivity index (χ4v) is 2.35. The van der Waals surface area contributed by atoms with Gasteiger partial charge in [0.1, 0.15) is 6.10 Å². The van der Waals surface area contributed by atoms with Crippen LogP contribution >= 0.6 is 0 Å². The first-order chi connectivity index (χ1) is 10.8. The topological polar surface area (TPSA) is 38.3 Å². The molecule has 0 spiro atoms. The van der Waals surface area contributed by atoms with Gasteiger partial charge in [-0.3, -0.25) is 4.79 Å². The van der Waals surface area contributed by atoms with Gasteiger partial charge in [-0.1, -0.05) is 36.1 Å². The van der Waals surface area contributed by atoms with Crippen molar-refractivity contribution in [3.63, 3.8) is 0 Å². The van der Waals surface area contributed by atoms with E-state index in [-0.39, 0.29) is 12.0 Å². The highest BCUT2D eigenvalue weighted by atomic mass is 16.5. The normalized spacial score (nSPS) is 16.6. The van der Waals surface area contributed by atoms with Gasteiger partial charge in [-0.15, -0.1) is 0 Å². The van der Waals surface area contributed by atoms with Crippen LogP contribution < -0.4 is 5.32 Å². The first kappa shape index (κ1) is 14.4. The number of ether oxygens (including phenoxy) is 1. The van der Waals surface area contributed by atoms with Gasteiger partial charge in [0.2, 0.25) is 0 Å². The van der Waals surface area contributed by atoms with Crippen LogP contribution in [0.2, 0.25) is 0 Å². The SMILES string of the molecule is O=C(Nc1cccc(C#Cc2ccccc2)c1)C1CCCO1. The number of carbonyl (C=O) groups is 1. The fourth-order valence-electron chi connectivity index (χ4n) is 2.35. The molecule has 22 heavy (non-hydrogen) atoms. The third-order valence-corrected chi connectivity index (χ3v) is 3.48. The molecule has 110 valence electrons. The Kier molecular flexibility index (Phi) is 4.53. The molecule has 1 amide bonds. The van der Waals surface area contributed by atoms with Crippen LogP contribution in [0.25, 0.3) is 0 Å². The Bertz CT molecular complexity index is 707. The van der Waals surface area contributed by atoms with Crippen LogP contribution in [0.3, 0.4) is 0 Å². The van der Waals surface area contributed by atoms with Gasteiger partial charge in [0.25, 0.3) is 5.91 Å². The number of benzene rings is 2. The number of hydrogen-bond acceptors (Lipinski definition) is 2. The van der Waals surface area contributed by atoms with Gasteiger partial charge in [-0.25, -0.2) is 0 Å². The molecule has 0 aliphatic carbocycles. The Morgan fingerprint density at radius 2 is 1.82 bits per heavy atom. The molecule has 3 heteroatoms. The lowest BCUT2D eigenvalue weighted by atomic mass is 10.1. The van der Waals surface area contributed by atoms with Gasteiger partial charge in [0.05, 0.1) is 0 Å². The minimum atomic E-state index is -0.320. The van der Waals surface area contributed by atoms with E-state index in [1.54, 1.807) is 0 Å². The number of nitrogens with one attached hydrogen (secondary N) is 1. The second-order valence-electron chi connectivity index (χ2n) is 5.19. The molecule has 3 nitrogen and oxygen atoms in total. The van der Waals surface area contributed by atoms with Crippen LogP contribution in [0, 0.1) is 11.8 Å². The Hall–Kier alpha value is -2.57. The maximum atomic E-state index is 12.0. The zero-order valence-corrected chi connectivity index (χ0v) is 12.2. The van der Waals surface area contributed by atoms with Gasteiger partial charge in [0.15, 0.2) is 0 Å². The number of anilines is 1. The molecule has 2 aromatic carbocycles. The van der Waals surface area contributed by atoms with Crippen molar-refractivity contribution >= 4 is 11.6 Å². The minimum absolute atomic E-state index is 0.0781. The molecule has 1 unspecified atom stereocenters. The van der Waals surface area contributed by atoms with Crippen molar-refractivity contribution < 1.29 is 9.53 Å². The summed E-state index contributed by atoms with van der Waals surface area (Å²) < 4.78 is 5.38. The van der Waals surface area contributed by atoms with Gasteiger partial charge < -0.3 is 10.1 Å². The molecule has 2 aromatic rings. The maximum Gasteiger partial charge on any atom is 0.253 e. The van der Waals surface area contributed by atoms with Gasteiger partial charge in [0, 0.05) is 23.4 Å². The molecule has 1 N–H and O–H groups in total. The predicted molar refractivity (Wildman–Crippen MR) is 86.5 cm³/mol. The highest BCUT2D eigenvalue weighted by Gasteiger charge is 2.23. The van der Waals surface area contributed by atoms with Crippen LogP contribution in [0.15, 0.2) is 54.6 Å². The Labute approximate surface area is 130 Å². The number of amides is 1. The summed E-state index contributed by atoms with van der Waals surface area (Å²) in [5.41, 5.74) is 2.59. The number of hydrogen-bond donors (Lipinski definition) is 1. The highest BCUT2D eigenvalue weighted by molar-refractivity contribution is 5.94. The van der Waals surface area contributed by atoms with Crippen LogP contribution in [0.4, 0.5) is 5.69 Å². The summed E-state index contributed by atoms with van der Waals surface area (Å²) in [4.78, 5) is 12.0. The Balaban J connectivity index is 1.70. The second kappa shape index (κ2) is 6.93. The molecule has 1 fully saturated rings. The van der Waals surface area contributed by atoms with Crippen molar-refractivity contribution in [2.45, 2.75) is 18.9 Å². The highest BCUT2D eigenvalue weighted by Crippen LogP contribution is 2.16. The third kappa shape index (κ3) is 3.75. The van der Waals surface area contributed by atoms with Gasteiger partial charge >= 0.3 is 0 Å². The molecule has 1 atom stereocenters. The lowest BCUT2D eigenvalue weighted by molar-refractivity contribution is -0.124. The first-order valence-corrected chi connectivity index (χ1v) is 7.41. The maximum absolute atomic E-state index is 12.0. The average molecular weight is 291 g/mol. The van der Waals surface area contributed by atoms with Gasteiger partial charge in [-0.2, -0.15) is 0 Å². The fraction of sp³-hybridized carbons (Fsp3) is 0.211. The van der Waals surface area contributed by atoms with E-state index in [4.69, 9.17) is 4.74 Å². The largest absolute Gasteiger partial charge is 0.368 e. The molecule has 1 aliphatic heterocycles. The Morgan fingerprint density at radius 3 is 2.59 bits per heavy atom. The smallest absolute Gasteiger partial charge is 0.253 e. The lowest BCUT2D eigenvalue weighted by Gasteiger charge is -2.10. The van der Waals surface area contributed by atoms with Crippen LogP contribution in [-0.2, 0) is 9.53 Å². The summed E-state index contributed by atoms with van der Waals surface area (Å²) >= 11 is 0. The molecular formula is C19H17NO2. The van der Waals surface area contributed by atoms with Crippen molar-refractivity contribution in [2.75, 3.05) is 11.9 Å². The molecule has 3 rings (SSSR count). The summed E-state index contributed by atoms with van der Waals surface area (Å²) in [6.45, 7) is 0.667. The molecule has 1 aliphatic rings. The average Bonchev–Trinajstić information content (AvgIpc) is 3.09. The van der Waals surface area contributed by atoms with Gasteiger partial charge in [-0.05, 0) is 43.2 Å². The van der Waals surface area contributed by atoms with Crippen molar-refractivity contribution in [1.29, 1.82) is 0 Å². The second-order valence-corrected chi connectivity index (χ2v) is 5.19. The molecule has 0 radical (unpaired) electrons. The summed E-state index contributed by atoms with van der Waals surface area (Å²) in [6.07, 6.45) is 1.42. The van der Waals surface area contributed by atoms with E-state index < -0.39 is 0 Å². The van der Waals surface area contributed by atoms with Crippen molar-refractivity contribution in [1.82, 2.24) is 0 Å². The van der Waals surface area contributed by atoms with Crippen molar-refractivity contribution in [3.8, 4) is 11.8 Å². The van der Waals surface area contributed by atoms with Crippen molar-refractivity contribution in [3.05, 3.63) is 65.7 Å². The summed E-state index contributed by atoms with van der Waals surface area (Å²) in [5, 5.41) is 2.89. The van der Waals surface area contributed by atoms with Crippen molar-refractivity contribution in [2.24, 2.45) is 0 Å². The molecular weight excluding hydrogens is 274 g/mol. The quantitative estimate of drug-likeness (QED) is 0.863. The summed E-state index contributed by atoms with van der Waals surface area (Å²) in [5.74, 6) is 6.14.